The minimum atomic E-state index is -0.353. The highest BCUT2D eigenvalue weighted by Crippen LogP contribution is 2.23. The van der Waals surface area contributed by atoms with Crippen LogP contribution in [0.15, 0.2) is 53.8 Å². The van der Waals surface area contributed by atoms with Crippen LogP contribution in [0, 0.1) is 5.82 Å². The number of rotatable bonds is 8. The van der Waals surface area contributed by atoms with Gasteiger partial charge >= 0.3 is 0 Å². The van der Waals surface area contributed by atoms with E-state index < -0.39 is 0 Å². The van der Waals surface area contributed by atoms with Gasteiger partial charge in [0.2, 0.25) is 5.88 Å². The average molecular weight is 414 g/mol. The number of aliphatic imine (C=N–C) groups is 1. The number of nitrogens with zero attached hydrogens (tertiary/aromatic N) is 3. The molecule has 0 unspecified atom stereocenters. The summed E-state index contributed by atoms with van der Waals surface area (Å²) in [6.45, 7) is 3.33. The number of ether oxygens (including phenoxy) is 1. The lowest BCUT2D eigenvalue weighted by molar-refractivity contribution is 0.450. The van der Waals surface area contributed by atoms with Gasteiger partial charge in [0.1, 0.15) is 11.6 Å². The summed E-state index contributed by atoms with van der Waals surface area (Å²) in [5.41, 5.74) is 0.840. The van der Waals surface area contributed by atoms with Crippen molar-refractivity contribution in [2.75, 3.05) is 13.6 Å². The molecule has 0 aliphatic carbocycles. The summed E-state index contributed by atoms with van der Waals surface area (Å²) >= 11 is 1.74. The highest BCUT2D eigenvalue weighted by atomic mass is 32.1. The molecule has 0 amide bonds. The fourth-order valence-electron chi connectivity index (χ4n) is 2.61. The van der Waals surface area contributed by atoms with Gasteiger partial charge in [-0.3, -0.25) is 4.99 Å². The fourth-order valence-corrected chi connectivity index (χ4v) is 3.47. The summed E-state index contributed by atoms with van der Waals surface area (Å²) in [7, 11) is 1.72. The molecule has 8 heteroatoms. The lowest BCUT2D eigenvalue weighted by Gasteiger charge is -2.13. The van der Waals surface area contributed by atoms with E-state index in [1.807, 2.05) is 18.3 Å². The van der Waals surface area contributed by atoms with Crippen molar-refractivity contribution in [3.8, 4) is 11.6 Å². The van der Waals surface area contributed by atoms with Crippen LogP contribution in [0.25, 0.3) is 0 Å². The molecule has 2 heterocycles. The fraction of sp³-hybridized carbons (Fsp3) is 0.286. The largest absolute Gasteiger partial charge is 0.439 e. The van der Waals surface area contributed by atoms with Crippen molar-refractivity contribution in [2.45, 2.75) is 26.3 Å². The number of benzene rings is 1. The van der Waals surface area contributed by atoms with E-state index in [1.165, 1.54) is 17.0 Å². The molecule has 6 nitrogen and oxygen atoms in total. The van der Waals surface area contributed by atoms with Gasteiger partial charge in [-0.2, -0.15) is 0 Å². The summed E-state index contributed by atoms with van der Waals surface area (Å²) < 4.78 is 19.1. The summed E-state index contributed by atoms with van der Waals surface area (Å²) in [6, 6.07) is 9.73. The highest BCUT2D eigenvalue weighted by molar-refractivity contribution is 7.11. The first-order chi connectivity index (χ1) is 14.2. The summed E-state index contributed by atoms with van der Waals surface area (Å²) in [4.78, 5) is 14.2. The maximum Gasteiger partial charge on any atom is 0.224 e. The maximum absolute atomic E-state index is 13.4. The van der Waals surface area contributed by atoms with Gasteiger partial charge in [-0.1, -0.05) is 19.1 Å². The first-order valence-corrected chi connectivity index (χ1v) is 10.2. The molecular weight excluding hydrogens is 389 g/mol. The summed E-state index contributed by atoms with van der Waals surface area (Å²) in [6.07, 6.45) is 5.44. The lowest BCUT2D eigenvalue weighted by Crippen LogP contribution is -2.37. The molecule has 0 spiro atoms. The van der Waals surface area contributed by atoms with Crippen LogP contribution in [-0.4, -0.2) is 29.5 Å². The predicted octanol–water partition coefficient (Wildman–Crippen LogP) is 3.94. The molecule has 0 atom stereocenters. The molecule has 0 radical (unpaired) electrons. The van der Waals surface area contributed by atoms with Crippen LogP contribution in [0.4, 0.5) is 4.39 Å². The monoisotopic (exact) mass is 413 g/mol. The Labute approximate surface area is 173 Å². The Morgan fingerprint density at radius 2 is 2.10 bits per heavy atom. The first kappa shape index (κ1) is 20.7. The molecule has 2 aromatic heterocycles. The number of aromatic nitrogens is 2. The quantitative estimate of drug-likeness (QED) is 0.432. The third-order valence-corrected chi connectivity index (χ3v) is 5.31. The van der Waals surface area contributed by atoms with Crippen molar-refractivity contribution in [3.63, 3.8) is 0 Å². The molecule has 152 valence electrons. The van der Waals surface area contributed by atoms with Gasteiger partial charge in [-0.05, 0) is 24.6 Å². The minimum Gasteiger partial charge on any atom is -0.439 e. The van der Waals surface area contributed by atoms with Gasteiger partial charge in [-0.25, -0.2) is 14.4 Å². The lowest BCUT2D eigenvalue weighted by atomic mass is 10.2. The number of halogens is 1. The smallest absolute Gasteiger partial charge is 0.224 e. The second kappa shape index (κ2) is 10.5. The molecule has 2 N–H and O–H groups in total. The SMILES string of the molecule is CCc1cnc(CCNC(=NC)NCc2cccnc2Oc2cccc(F)c2)s1. The Hall–Kier alpha value is -3.00. The zero-order valence-corrected chi connectivity index (χ0v) is 17.3. The van der Waals surface area contributed by atoms with E-state index >= 15 is 0 Å². The van der Waals surface area contributed by atoms with E-state index in [4.69, 9.17) is 4.74 Å². The Kier molecular flexibility index (Phi) is 7.52. The van der Waals surface area contributed by atoms with E-state index in [1.54, 1.807) is 36.7 Å². The van der Waals surface area contributed by atoms with Crippen molar-refractivity contribution in [2.24, 2.45) is 4.99 Å². The van der Waals surface area contributed by atoms with Gasteiger partial charge in [0.05, 0.1) is 5.01 Å². The van der Waals surface area contributed by atoms with Crippen LogP contribution in [0.3, 0.4) is 0 Å². The van der Waals surface area contributed by atoms with Gasteiger partial charge in [0.25, 0.3) is 0 Å². The molecule has 0 saturated carbocycles. The zero-order valence-electron chi connectivity index (χ0n) is 16.5. The molecule has 29 heavy (non-hydrogen) atoms. The topological polar surface area (TPSA) is 71.4 Å². The van der Waals surface area contributed by atoms with Gasteiger partial charge in [0.15, 0.2) is 5.96 Å². The zero-order chi connectivity index (χ0) is 20.5. The number of guanidine groups is 1. The van der Waals surface area contributed by atoms with Gasteiger partial charge < -0.3 is 15.4 Å². The average Bonchev–Trinajstić information content (AvgIpc) is 3.19. The second-order valence-corrected chi connectivity index (χ2v) is 7.40. The second-order valence-electron chi connectivity index (χ2n) is 6.20. The van der Waals surface area contributed by atoms with Crippen LogP contribution < -0.4 is 15.4 Å². The van der Waals surface area contributed by atoms with Crippen LogP contribution >= 0.6 is 11.3 Å². The Morgan fingerprint density at radius 3 is 2.86 bits per heavy atom. The third-order valence-electron chi connectivity index (χ3n) is 4.11. The minimum absolute atomic E-state index is 0.353. The molecule has 0 fully saturated rings. The number of thiazole rings is 1. The van der Waals surface area contributed by atoms with Crippen molar-refractivity contribution in [1.82, 2.24) is 20.6 Å². The van der Waals surface area contributed by atoms with Gasteiger partial charge in [-0.15, -0.1) is 11.3 Å². The molecule has 0 bridgehead atoms. The number of pyridine rings is 1. The first-order valence-electron chi connectivity index (χ1n) is 9.43. The van der Waals surface area contributed by atoms with Crippen molar-refractivity contribution in [3.05, 3.63) is 70.1 Å². The van der Waals surface area contributed by atoms with Crippen molar-refractivity contribution in [1.29, 1.82) is 0 Å². The van der Waals surface area contributed by atoms with E-state index in [0.29, 0.717) is 24.1 Å². The number of nitrogens with one attached hydrogen (secondary N) is 2. The van der Waals surface area contributed by atoms with E-state index in [9.17, 15) is 4.39 Å². The van der Waals surface area contributed by atoms with Gasteiger partial charge in [0, 0.05) is 55.5 Å². The predicted molar refractivity (Wildman–Crippen MR) is 114 cm³/mol. The number of aryl methyl sites for hydroxylation is 1. The van der Waals surface area contributed by atoms with Crippen molar-refractivity contribution < 1.29 is 9.13 Å². The van der Waals surface area contributed by atoms with Crippen LogP contribution in [-0.2, 0) is 19.4 Å². The molecule has 0 aliphatic rings. The Morgan fingerprint density at radius 1 is 1.21 bits per heavy atom. The van der Waals surface area contributed by atoms with Crippen molar-refractivity contribution >= 4 is 17.3 Å². The Bertz CT molecular complexity index is 960. The number of hydrogen-bond acceptors (Lipinski definition) is 5. The molecular formula is C21H24FN5OS. The van der Waals surface area contributed by atoms with E-state index in [-0.39, 0.29) is 5.82 Å². The molecule has 0 saturated heterocycles. The molecule has 1 aromatic carbocycles. The highest BCUT2D eigenvalue weighted by Gasteiger charge is 2.08. The standard InChI is InChI=1S/C21H24FN5OS/c1-3-18-14-26-19(29-18)9-11-25-21(23-2)27-13-15-6-5-10-24-20(15)28-17-8-4-7-16(22)12-17/h4-8,10,12,14H,3,9,11,13H2,1-2H3,(H2,23,25,27). The van der Waals surface area contributed by atoms with Crippen LogP contribution in [0.5, 0.6) is 11.6 Å². The van der Waals surface area contributed by atoms with E-state index in [2.05, 4.69) is 32.5 Å². The summed E-state index contributed by atoms with van der Waals surface area (Å²) in [5, 5.41) is 7.65. The molecule has 0 aliphatic heterocycles. The summed E-state index contributed by atoms with van der Waals surface area (Å²) in [5.74, 6) is 1.16. The van der Waals surface area contributed by atoms with E-state index in [0.717, 1.165) is 30.0 Å². The normalized spacial score (nSPS) is 11.3. The Balaban J connectivity index is 1.54. The van der Waals surface area contributed by atoms with Crippen LogP contribution in [0.2, 0.25) is 0 Å². The number of hydrogen-bond donors (Lipinski definition) is 2. The van der Waals surface area contributed by atoms with Crippen LogP contribution in [0.1, 0.15) is 22.4 Å². The molecule has 3 rings (SSSR count). The maximum atomic E-state index is 13.4. The molecule has 3 aromatic rings. The third kappa shape index (κ3) is 6.25.